The maximum absolute atomic E-state index is 13.9. The van der Waals surface area contributed by atoms with E-state index in [1.54, 1.807) is 24.3 Å². The van der Waals surface area contributed by atoms with Gasteiger partial charge in [-0.1, -0.05) is 38.1 Å². The number of carbonyl (C=O) groups is 6. The summed E-state index contributed by atoms with van der Waals surface area (Å²) in [5, 5.41) is 32.8. The van der Waals surface area contributed by atoms with Gasteiger partial charge in [0.1, 0.15) is 36.0 Å². The van der Waals surface area contributed by atoms with E-state index in [0.29, 0.717) is 45.2 Å². The van der Waals surface area contributed by atoms with Crippen molar-refractivity contribution >= 4 is 35.5 Å². The molecule has 1 aliphatic rings. The summed E-state index contributed by atoms with van der Waals surface area (Å²) in [7, 11) is 0. The SMILES string of the molecule is CC(C)C[C@H](NC(=O)[C@H](CCc1ccc(O)cc1)NC(=O)[C@@H]1C/C=C/C[C@H](N)C(=O)N[C@@H](CCCCN)C(=O)N[C@@H](CCCCN)C(=O)N1)C(=O)O. The van der Waals surface area contributed by atoms with E-state index in [0.717, 1.165) is 5.56 Å². The number of phenols is 1. The number of hydrogen-bond donors (Lipinski definition) is 10. The number of carboxylic acid groups (broad SMARTS) is 1. The Hall–Kier alpha value is -4.54. The Morgan fingerprint density at radius 2 is 1.37 bits per heavy atom. The van der Waals surface area contributed by atoms with Crippen molar-refractivity contribution in [3.05, 3.63) is 42.0 Å². The number of nitrogens with one attached hydrogen (secondary N) is 5. The molecule has 13 N–H and O–H groups in total. The average Bonchev–Trinajstić information content (AvgIpc) is 3.09. The summed E-state index contributed by atoms with van der Waals surface area (Å²) in [5.41, 5.74) is 18.2. The fourth-order valence-corrected chi connectivity index (χ4v) is 5.64. The van der Waals surface area contributed by atoms with Gasteiger partial charge in [-0.2, -0.15) is 0 Å². The standard InChI is InChI=1S/C36H58N8O8/c1-22(2)21-30(36(51)52)44-35(50)29(18-15-23-13-16-24(45)17-14-23)43-34(49)27-10-4-3-9-25(39)31(46)40-26(11-5-7-19-37)32(47)42-28(33(48)41-27)12-6-8-20-38/h3-4,13-14,16-17,22,25-30,45H,5-12,15,18-21,37-39H2,1-2H3,(H,40,46)(H,41,48)(H,42,47)(H,43,49)(H,44,50)(H,51,52)/b4-3+/t25-,26-,27-,28-,29-,30-/m0/s1. The quantitative estimate of drug-likeness (QED) is 0.0698. The molecule has 5 amide bonds. The number of phenolic OH excluding ortho intramolecular Hbond substituents is 1. The molecule has 2 rings (SSSR count). The summed E-state index contributed by atoms with van der Waals surface area (Å²) in [5.74, 6) is -4.42. The van der Waals surface area contributed by atoms with Crippen molar-refractivity contribution in [3.63, 3.8) is 0 Å². The normalized spacial score (nSPS) is 21.8. The van der Waals surface area contributed by atoms with Crippen LogP contribution in [0.1, 0.15) is 83.6 Å². The summed E-state index contributed by atoms with van der Waals surface area (Å²) in [6.07, 6.45) is 6.45. The zero-order valence-corrected chi connectivity index (χ0v) is 30.3. The topological polar surface area (TPSA) is 281 Å². The van der Waals surface area contributed by atoms with E-state index in [1.165, 1.54) is 12.1 Å². The first kappa shape index (κ1) is 43.6. The highest BCUT2D eigenvalue weighted by Gasteiger charge is 2.33. The number of aliphatic carboxylic acids is 1. The van der Waals surface area contributed by atoms with Gasteiger partial charge in [0.25, 0.3) is 0 Å². The lowest BCUT2D eigenvalue weighted by atomic mass is 10.0. The predicted octanol–water partition coefficient (Wildman–Crippen LogP) is -0.185. The number of rotatable bonds is 18. The minimum absolute atomic E-state index is 0.0446. The van der Waals surface area contributed by atoms with Gasteiger partial charge in [-0.05, 0) is 107 Å². The number of hydrogen-bond acceptors (Lipinski definition) is 10. The molecule has 1 aromatic rings. The lowest BCUT2D eigenvalue weighted by molar-refractivity contribution is -0.142. The lowest BCUT2D eigenvalue weighted by Crippen LogP contribution is -2.59. The lowest BCUT2D eigenvalue weighted by Gasteiger charge is -2.27. The molecule has 1 aliphatic heterocycles. The first-order valence-electron chi connectivity index (χ1n) is 18.1. The minimum Gasteiger partial charge on any atom is -0.508 e. The zero-order chi connectivity index (χ0) is 38.6. The molecule has 0 aromatic heterocycles. The highest BCUT2D eigenvalue weighted by Crippen LogP contribution is 2.14. The molecule has 0 aliphatic carbocycles. The molecule has 1 heterocycles. The van der Waals surface area contributed by atoms with E-state index in [1.807, 2.05) is 13.8 Å². The predicted molar refractivity (Wildman–Crippen MR) is 195 cm³/mol. The summed E-state index contributed by atoms with van der Waals surface area (Å²) in [6.45, 7) is 4.41. The van der Waals surface area contributed by atoms with Crippen molar-refractivity contribution in [2.45, 2.75) is 121 Å². The summed E-state index contributed by atoms with van der Waals surface area (Å²) in [6, 6.07) is -0.349. The first-order chi connectivity index (χ1) is 24.7. The van der Waals surface area contributed by atoms with Crippen LogP contribution in [-0.4, -0.2) is 95.1 Å². The Kier molecular flexibility index (Phi) is 19.4. The van der Waals surface area contributed by atoms with E-state index >= 15 is 0 Å². The molecular weight excluding hydrogens is 672 g/mol. The van der Waals surface area contributed by atoms with Crippen molar-refractivity contribution in [1.29, 1.82) is 0 Å². The van der Waals surface area contributed by atoms with Crippen molar-refractivity contribution in [1.82, 2.24) is 26.6 Å². The molecule has 0 radical (unpaired) electrons. The number of unbranched alkanes of at least 4 members (excludes halogenated alkanes) is 2. The van der Waals surface area contributed by atoms with Crippen LogP contribution in [0, 0.1) is 5.92 Å². The maximum atomic E-state index is 13.9. The molecule has 16 heteroatoms. The number of aryl methyl sites for hydroxylation is 1. The highest BCUT2D eigenvalue weighted by molar-refractivity contribution is 5.96. The Morgan fingerprint density at radius 1 is 0.808 bits per heavy atom. The summed E-state index contributed by atoms with van der Waals surface area (Å²) in [4.78, 5) is 79.6. The van der Waals surface area contributed by atoms with Crippen molar-refractivity contribution in [2.24, 2.45) is 23.1 Å². The van der Waals surface area contributed by atoms with Crippen molar-refractivity contribution in [2.75, 3.05) is 13.1 Å². The molecule has 0 bridgehead atoms. The second-order valence-corrected chi connectivity index (χ2v) is 13.6. The second-order valence-electron chi connectivity index (χ2n) is 13.6. The largest absolute Gasteiger partial charge is 0.508 e. The summed E-state index contributed by atoms with van der Waals surface area (Å²) < 4.78 is 0. The third-order valence-corrected chi connectivity index (χ3v) is 8.67. The van der Waals surface area contributed by atoms with E-state index < -0.39 is 71.8 Å². The number of carboxylic acids is 1. The van der Waals surface area contributed by atoms with Gasteiger partial charge in [0.2, 0.25) is 29.5 Å². The number of nitrogens with two attached hydrogens (primary N) is 3. The molecular formula is C36H58N8O8. The Bertz CT molecular complexity index is 1360. The third-order valence-electron chi connectivity index (χ3n) is 8.67. The Balaban J connectivity index is 2.41. The van der Waals surface area contributed by atoms with Crippen LogP contribution < -0.4 is 43.8 Å². The van der Waals surface area contributed by atoms with Crippen LogP contribution in [0.2, 0.25) is 0 Å². The first-order valence-corrected chi connectivity index (χ1v) is 18.1. The van der Waals surface area contributed by atoms with Crippen molar-refractivity contribution in [3.8, 4) is 5.75 Å². The third kappa shape index (κ3) is 15.8. The molecule has 0 saturated carbocycles. The number of carbonyl (C=O) groups excluding carboxylic acids is 5. The number of aromatic hydroxyl groups is 1. The van der Waals surface area contributed by atoms with E-state index in [4.69, 9.17) is 17.2 Å². The van der Waals surface area contributed by atoms with Gasteiger partial charge < -0.3 is 54.0 Å². The second kappa shape index (κ2) is 23.1. The Labute approximate surface area is 305 Å². The molecule has 0 spiro atoms. The van der Waals surface area contributed by atoms with Crippen LogP contribution in [0.3, 0.4) is 0 Å². The highest BCUT2D eigenvalue weighted by atomic mass is 16.4. The van der Waals surface area contributed by atoms with Crippen LogP contribution in [-0.2, 0) is 35.2 Å². The van der Waals surface area contributed by atoms with Gasteiger partial charge in [-0.3, -0.25) is 24.0 Å². The van der Waals surface area contributed by atoms with Gasteiger partial charge in [0, 0.05) is 0 Å². The maximum Gasteiger partial charge on any atom is 0.326 e. The van der Waals surface area contributed by atoms with E-state index in [9.17, 15) is 39.0 Å². The zero-order valence-electron chi connectivity index (χ0n) is 30.3. The van der Waals surface area contributed by atoms with E-state index in [-0.39, 0.29) is 50.2 Å². The van der Waals surface area contributed by atoms with Crippen LogP contribution in [0.15, 0.2) is 36.4 Å². The van der Waals surface area contributed by atoms with Gasteiger partial charge in [0.05, 0.1) is 6.04 Å². The molecule has 52 heavy (non-hydrogen) atoms. The summed E-state index contributed by atoms with van der Waals surface area (Å²) >= 11 is 0. The van der Waals surface area contributed by atoms with Gasteiger partial charge in [-0.25, -0.2) is 4.79 Å². The van der Waals surface area contributed by atoms with Crippen molar-refractivity contribution < 1.29 is 39.0 Å². The van der Waals surface area contributed by atoms with Crippen LogP contribution in [0.4, 0.5) is 0 Å². The Morgan fingerprint density at radius 3 is 1.92 bits per heavy atom. The van der Waals surface area contributed by atoms with Gasteiger partial charge in [0.15, 0.2) is 0 Å². The molecule has 16 nitrogen and oxygen atoms in total. The monoisotopic (exact) mass is 730 g/mol. The number of amides is 5. The number of benzene rings is 1. The molecule has 0 saturated heterocycles. The molecule has 6 atom stereocenters. The van der Waals surface area contributed by atoms with Gasteiger partial charge in [-0.15, -0.1) is 0 Å². The molecule has 0 fully saturated rings. The minimum atomic E-state index is -1.22. The van der Waals surface area contributed by atoms with E-state index in [2.05, 4.69) is 26.6 Å². The van der Waals surface area contributed by atoms with Crippen LogP contribution in [0.5, 0.6) is 5.75 Å². The van der Waals surface area contributed by atoms with Crippen LogP contribution in [0.25, 0.3) is 0 Å². The van der Waals surface area contributed by atoms with Gasteiger partial charge >= 0.3 is 5.97 Å². The fraction of sp³-hybridized carbons (Fsp3) is 0.611. The average molecular weight is 731 g/mol. The molecule has 1 aromatic carbocycles. The fourth-order valence-electron chi connectivity index (χ4n) is 5.64. The smallest absolute Gasteiger partial charge is 0.326 e. The molecule has 0 unspecified atom stereocenters. The van der Waals surface area contributed by atoms with Crippen LogP contribution >= 0.6 is 0 Å². The molecule has 290 valence electrons.